The summed E-state index contributed by atoms with van der Waals surface area (Å²) in [5.74, 6) is -0.179. The topological polar surface area (TPSA) is 52.2 Å². The second-order valence-electron chi connectivity index (χ2n) is 7.25. The van der Waals surface area contributed by atoms with Crippen molar-refractivity contribution in [3.63, 3.8) is 0 Å². The highest BCUT2D eigenvalue weighted by atomic mass is 16.1. The van der Waals surface area contributed by atoms with Crippen molar-refractivity contribution in [1.82, 2.24) is 14.3 Å². The summed E-state index contributed by atoms with van der Waals surface area (Å²) in [5.41, 5.74) is 5.54. The van der Waals surface area contributed by atoms with Gasteiger partial charge in [-0.3, -0.25) is 4.79 Å². The van der Waals surface area contributed by atoms with Gasteiger partial charge in [0, 0.05) is 24.0 Å². The van der Waals surface area contributed by atoms with Crippen LogP contribution in [0.25, 0.3) is 5.69 Å². The molecule has 5 nitrogen and oxygen atoms in total. The summed E-state index contributed by atoms with van der Waals surface area (Å²) < 4.78 is 3.87. The molecular formula is C25H24N4O. The van der Waals surface area contributed by atoms with Crippen molar-refractivity contribution in [1.29, 1.82) is 0 Å². The molecule has 0 bridgehead atoms. The first-order valence-electron chi connectivity index (χ1n) is 9.99. The van der Waals surface area contributed by atoms with Crippen LogP contribution in [0.1, 0.15) is 22.5 Å². The predicted molar refractivity (Wildman–Crippen MR) is 117 cm³/mol. The summed E-state index contributed by atoms with van der Waals surface area (Å²) in [6.45, 7) is 4.60. The lowest BCUT2D eigenvalue weighted by Gasteiger charge is -2.07. The first-order chi connectivity index (χ1) is 14.6. The molecule has 0 unspecified atom stereocenters. The number of carbonyl (C=O) groups is 1. The third kappa shape index (κ3) is 4.30. The van der Waals surface area contributed by atoms with Crippen molar-refractivity contribution >= 4 is 5.91 Å². The van der Waals surface area contributed by atoms with Crippen molar-refractivity contribution in [3.05, 3.63) is 113 Å². The normalized spacial score (nSPS) is 11.6. The number of amides is 1. The molecule has 0 atom stereocenters. The van der Waals surface area contributed by atoms with Gasteiger partial charge in [0.25, 0.3) is 5.91 Å². The Balaban J connectivity index is 1.60. The van der Waals surface area contributed by atoms with E-state index in [-0.39, 0.29) is 12.3 Å². The Bertz CT molecular complexity index is 1220. The fraction of sp³-hybridized carbons (Fsp3) is 0.160. The van der Waals surface area contributed by atoms with Gasteiger partial charge in [0.1, 0.15) is 5.49 Å². The van der Waals surface area contributed by atoms with Gasteiger partial charge >= 0.3 is 0 Å². The minimum absolute atomic E-state index is 0.179. The highest BCUT2D eigenvalue weighted by Gasteiger charge is 2.15. The zero-order valence-electron chi connectivity index (χ0n) is 17.2. The van der Waals surface area contributed by atoms with E-state index in [4.69, 9.17) is 0 Å². The molecular weight excluding hydrogens is 372 g/mol. The van der Waals surface area contributed by atoms with Crippen LogP contribution in [0.4, 0.5) is 0 Å². The standard InChI is InChI=1S/C25H24N4O/c1-19-23(20(2)29(27-19)22-13-7-4-8-14-22)17-25(30)26-24-15-9-10-16-28(24)18-21-11-5-3-6-12-21/h3-16H,17-18H2,1-2H3. The number of pyridine rings is 1. The third-order valence-corrected chi connectivity index (χ3v) is 5.12. The number of carbonyl (C=O) groups excluding carboxylic acids is 1. The lowest BCUT2D eigenvalue weighted by molar-refractivity contribution is -0.117. The molecule has 0 spiro atoms. The van der Waals surface area contributed by atoms with Crippen molar-refractivity contribution in [2.24, 2.45) is 4.99 Å². The summed E-state index contributed by atoms with van der Waals surface area (Å²) in [5, 5.41) is 4.63. The molecule has 0 aliphatic rings. The molecule has 0 radical (unpaired) electrons. The van der Waals surface area contributed by atoms with Gasteiger partial charge in [-0.2, -0.15) is 10.1 Å². The van der Waals surface area contributed by atoms with Crippen LogP contribution in [0.2, 0.25) is 0 Å². The minimum atomic E-state index is -0.179. The van der Waals surface area contributed by atoms with Crippen molar-refractivity contribution in [3.8, 4) is 5.69 Å². The number of benzene rings is 2. The van der Waals surface area contributed by atoms with E-state index in [2.05, 4.69) is 22.2 Å². The lowest BCUT2D eigenvalue weighted by atomic mass is 10.1. The summed E-state index contributed by atoms with van der Waals surface area (Å²) in [4.78, 5) is 17.2. The van der Waals surface area contributed by atoms with Crippen LogP contribution in [-0.2, 0) is 17.8 Å². The maximum Gasteiger partial charge on any atom is 0.252 e. The molecule has 2 aromatic carbocycles. The largest absolute Gasteiger partial charge is 0.328 e. The Labute approximate surface area is 176 Å². The van der Waals surface area contributed by atoms with E-state index in [1.807, 2.05) is 96.0 Å². The van der Waals surface area contributed by atoms with Crippen LogP contribution in [0.5, 0.6) is 0 Å². The number of rotatable bonds is 5. The summed E-state index contributed by atoms with van der Waals surface area (Å²) in [6.07, 6.45) is 2.17. The molecule has 5 heteroatoms. The molecule has 0 fully saturated rings. The fourth-order valence-corrected chi connectivity index (χ4v) is 3.55. The Kier molecular flexibility index (Phi) is 5.70. The zero-order chi connectivity index (χ0) is 20.9. The van der Waals surface area contributed by atoms with E-state index >= 15 is 0 Å². The Morgan fingerprint density at radius 1 is 0.900 bits per heavy atom. The number of hydrogen-bond donors (Lipinski definition) is 0. The van der Waals surface area contributed by atoms with Gasteiger partial charge in [-0.05, 0) is 43.7 Å². The number of aryl methyl sites for hydroxylation is 1. The van der Waals surface area contributed by atoms with Crippen LogP contribution in [0.3, 0.4) is 0 Å². The van der Waals surface area contributed by atoms with Crippen LogP contribution in [-0.4, -0.2) is 20.3 Å². The van der Waals surface area contributed by atoms with E-state index in [1.54, 1.807) is 0 Å². The van der Waals surface area contributed by atoms with Crippen LogP contribution >= 0.6 is 0 Å². The van der Waals surface area contributed by atoms with E-state index in [0.717, 1.165) is 28.2 Å². The van der Waals surface area contributed by atoms with Gasteiger partial charge in [0.05, 0.1) is 17.8 Å². The molecule has 150 valence electrons. The van der Waals surface area contributed by atoms with E-state index in [1.165, 1.54) is 0 Å². The maximum absolute atomic E-state index is 12.8. The highest BCUT2D eigenvalue weighted by molar-refractivity contribution is 5.80. The van der Waals surface area contributed by atoms with E-state index in [0.29, 0.717) is 12.0 Å². The third-order valence-electron chi connectivity index (χ3n) is 5.12. The molecule has 0 aliphatic heterocycles. The van der Waals surface area contributed by atoms with E-state index < -0.39 is 0 Å². The summed E-state index contributed by atoms with van der Waals surface area (Å²) in [7, 11) is 0. The molecule has 0 N–H and O–H groups in total. The lowest BCUT2D eigenvalue weighted by Crippen LogP contribution is -2.22. The number of hydrogen-bond acceptors (Lipinski definition) is 2. The van der Waals surface area contributed by atoms with Gasteiger partial charge in [0.15, 0.2) is 0 Å². The molecule has 2 heterocycles. The number of nitrogens with zero attached hydrogens (tertiary/aromatic N) is 4. The number of para-hydroxylation sites is 1. The predicted octanol–water partition coefficient (Wildman–Crippen LogP) is 4.01. The Morgan fingerprint density at radius 3 is 2.30 bits per heavy atom. The van der Waals surface area contributed by atoms with Gasteiger partial charge in [-0.15, -0.1) is 0 Å². The molecule has 0 aliphatic carbocycles. The smallest absolute Gasteiger partial charge is 0.252 e. The first kappa shape index (κ1) is 19.6. The minimum Gasteiger partial charge on any atom is -0.328 e. The second kappa shape index (κ2) is 8.74. The maximum atomic E-state index is 12.8. The van der Waals surface area contributed by atoms with Gasteiger partial charge in [-0.25, -0.2) is 4.68 Å². The Morgan fingerprint density at radius 2 is 1.57 bits per heavy atom. The molecule has 4 rings (SSSR count). The Hall–Kier alpha value is -3.73. The highest BCUT2D eigenvalue weighted by Crippen LogP contribution is 2.18. The fourth-order valence-electron chi connectivity index (χ4n) is 3.55. The van der Waals surface area contributed by atoms with Crippen LogP contribution < -0.4 is 5.49 Å². The monoisotopic (exact) mass is 396 g/mol. The molecule has 30 heavy (non-hydrogen) atoms. The molecule has 1 amide bonds. The molecule has 0 saturated heterocycles. The average molecular weight is 396 g/mol. The number of aromatic nitrogens is 3. The van der Waals surface area contributed by atoms with Gasteiger partial charge in [0.2, 0.25) is 0 Å². The van der Waals surface area contributed by atoms with Crippen LogP contribution in [0.15, 0.2) is 90.1 Å². The quantitative estimate of drug-likeness (QED) is 0.512. The molecule has 4 aromatic rings. The first-order valence-corrected chi connectivity index (χ1v) is 9.99. The molecule has 0 saturated carbocycles. The van der Waals surface area contributed by atoms with Crippen LogP contribution in [0, 0.1) is 13.8 Å². The average Bonchev–Trinajstić information content (AvgIpc) is 3.05. The van der Waals surface area contributed by atoms with Crippen molar-refractivity contribution in [2.75, 3.05) is 0 Å². The second-order valence-corrected chi connectivity index (χ2v) is 7.25. The molecule has 2 aromatic heterocycles. The van der Waals surface area contributed by atoms with Gasteiger partial charge in [-0.1, -0.05) is 54.6 Å². The van der Waals surface area contributed by atoms with E-state index in [9.17, 15) is 4.79 Å². The van der Waals surface area contributed by atoms with Crippen molar-refractivity contribution in [2.45, 2.75) is 26.8 Å². The SMILES string of the molecule is Cc1nn(-c2ccccc2)c(C)c1CC(=O)N=c1ccccn1Cc1ccccc1. The summed E-state index contributed by atoms with van der Waals surface area (Å²) >= 11 is 0. The summed E-state index contributed by atoms with van der Waals surface area (Å²) in [6, 6.07) is 25.8. The van der Waals surface area contributed by atoms with Gasteiger partial charge < -0.3 is 4.57 Å². The zero-order valence-corrected chi connectivity index (χ0v) is 17.2. The van der Waals surface area contributed by atoms with Crippen molar-refractivity contribution < 1.29 is 4.79 Å².